The van der Waals surface area contributed by atoms with Crippen molar-refractivity contribution in [3.63, 3.8) is 0 Å². The SMILES string of the molecule is COc1ccc(/C=N\NC(=O)COc2ccc3c(c2Br)CCCC3)c(OC)c1. The van der Waals surface area contributed by atoms with Crippen molar-refractivity contribution in [2.75, 3.05) is 20.8 Å². The van der Waals surface area contributed by atoms with Crippen LogP contribution in [0.4, 0.5) is 0 Å². The number of amides is 1. The number of aryl methyl sites for hydroxylation is 1. The third-order valence-electron chi connectivity index (χ3n) is 4.62. The van der Waals surface area contributed by atoms with Gasteiger partial charge in [0.05, 0.1) is 24.9 Å². The number of benzene rings is 2. The maximum atomic E-state index is 12.0. The van der Waals surface area contributed by atoms with E-state index in [0.717, 1.165) is 22.9 Å². The molecule has 1 N–H and O–H groups in total. The smallest absolute Gasteiger partial charge is 0.277 e. The van der Waals surface area contributed by atoms with E-state index < -0.39 is 0 Å². The summed E-state index contributed by atoms with van der Waals surface area (Å²) in [5, 5.41) is 3.97. The molecule has 0 radical (unpaired) electrons. The zero-order chi connectivity index (χ0) is 19.9. The summed E-state index contributed by atoms with van der Waals surface area (Å²) in [6, 6.07) is 9.34. The lowest BCUT2D eigenvalue weighted by molar-refractivity contribution is -0.123. The molecule has 0 atom stereocenters. The van der Waals surface area contributed by atoms with Crippen molar-refractivity contribution in [2.45, 2.75) is 25.7 Å². The molecule has 0 heterocycles. The Kier molecular flexibility index (Phi) is 6.92. The maximum Gasteiger partial charge on any atom is 0.277 e. The standard InChI is InChI=1S/C21H23BrN2O4/c1-26-16-9-7-15(19(11-16)27-2)12-23-24-20(25)13-28-18-10-8-14-5-3-4-6-17(14)21(18)22/h7-12H,3-6,13H2,1-2H3,(H,24,25)/b23-12-. The van der Waals surface area contributed by atoms with Crippen LogP contribution in [0.25, 0.3) is 0 Å². The second-order valence-electron chi connectivity index (χ2n) is 6.41. The molecule has 2 aromatic carbocycles. The predicted molar refractivity (Wildman–Crippen MR) is 112 cm³/mol. The molecule has 0 saturated heterocycles. The number of hydrogen-bond donors (Lipinski definition) is 1. The van der Waals surface area contributed by atoms with Crippen molar-refractivity contribution in [1.29, 1.82) is 0 Å². The number of carbonyl (C=O) groups is 1. The normalized spacial score (nSPS) is 13.1. The minimum Gasteiger partial charge on any atom is -0.497 e. The molecule has 0 spiro atoms. The fraction of sp³-hybridized carbons (Fsp3) is 0.333. The average Bonchev–Trinajstić information content (AvgIpc) is 2.73. The van der Waals surface area contributed by atoms with E-state index in [1.165, 1.54) is 30.2 Å². The molecule has 1 aliphatic carbocycles. The van der Waals surface area contributed by atoms with Gasteiger partial charge in [0.1, 0.15) is 17.2 Å². The highest BCUT2D eigenvalue weighted by atomic mass is 79.9. The van der Waals surface area contributed by atoms with Crippen LogP contribution in [0.3, 0.4) is 0 Å². The number of fused-ring (bicyclic) bond motifs is 1. The van der Waals surface area contributed by atoms with Crippen LogP contribution in [0.1, 0.15) is 29.5 Å². The first-order valence-corrected chi connectivity index (χ1v) is 9.88. The number of nitrogens with one attached hydrogen (secondary N) is 1. The molecule has 0 aliphatic heterocycles. The monoisotopic (exact) mass is 446 g/mol. The van der Waals surface area contributed by atoms with Gasteiger partial charge in [-0.15, -0.1) is 0 Å². The average molecular weight is 447 g/mol. The Morgan fingerprint density at radius 1 is 1.14 bits per heavy atom. The van der Waals surface area contributed by atoms with Crippen molar-refractivity contribution < 1.29 is 19.0 Å². The van der Waals surface area contributed by atoms with Crippen molar-refractivity contribution in [2.24, 2.45) is 5.10 Å². The first-order chi connectivity index (χ1) is 13.6. The molecule has 1 aliphatic rings. The Hall–Kier alpha value is -2.54. The molecule has 148 valence electrons. The molecule has 6 nitrogen and oxygen atoms in total. The second kappa shape index (κ2) is 9.59. The van der Waals surface area contributed by atoms with Gasteiger partial charge in [0.25, 0.3) is 5.91 Å². The van der Waals surface area contributed by atoms with Crippen molar-refractivity contribution in [3.05, 3.63) is 51.5 Å². The van der Waals surface area contributed by atoms with E-state index >= 15 is 0 Å². The summed E-state index contributed by atoms with van der Waals surface area (Å²) >= 11 is 3.62. The summed E-state index contributed by atoms with van der Waals surface area (Å²) in [6.45, 7) is -0.117. The van der Waals surface area contributed by atoms with E-state index in [1.807, 2.05) is 6.07 Å². The van der Waals surface area contributed by atoms with E-state index in [4.69, 9.17) is 14.2 Å². The zero-order valence-electron chi connectivity index (χ0n) is 16.0. The molecule has 0 unspecified atom stereocenters. The van der Waals surface area contributed by atoms with Crippen LogP contribution in [0.15, 0.2) is 39.9 Å². The first-order valence-electron chi connectivity index (χ1n) is 9.09. The largest absolute Gasteiger partial charge is 0.497 e. The summed E-state index contributed by atoms with van der Waals surface area (Å²) in [6.07, 6.45) is 6.05. The van der Waals surface area contributed by atoms with Crippen LogP contribution >= 0.6 is 15.9 Å². The predicted octanol–water partition coefficient (Wildman–Crippen LogP) is 3.87. The van der Waals surface area contributed by atoms with Gasteiger partial charge in [-0.3, -0.25) is 4.79 Å². The lowest BCUT2D eigenvalue weighted by Crippen LogP contribution is -2.24. The van der Waals surface area contributed by atoms with Gasteiger partial charge in [0.2, 0.25) is 0 Å². The third-order valence-corrected chi connectivity index (χ3v) is 5.49. The van der Waals surface area contributed by atoms with E-state index in [1.54, 1.807) is 32.4 Å². The highest BCUT2D eigenvalue weighted by molar-refractivity contribution is 9.10. The number of methoxy groups -OCH3 is 2. The van der Waals surface area contributed by atoms with Crippen LogP contribution in [0.2, 0.25) is 0 Å². The number of ether oxygens (including phenoxy) is 3. The van der Waals surface area contributed by atoms with Crippen LogP contribution in [0, 0.1) is 0 Å². The molecule has 0 fully saturated rings. The number of carbonyl (C=O) groups excluding carboxylic acids is 1. The molecule has 7 heteroatoms. The molecule has 0 aromatic heterocycles. The Balaban J connectivity index is 1.56. The summed E-state index contributed by atoms with van der Waals surface area (Å²) < 4.78 is 17.1. The molecular formula is C21H23BrN2O4. The van der Waals surface area contributed by atoms with E-state index in [-0.39, 0.29) is 12.5 Å². The van der Waals surface area contributed by atoms with Gasteiger partial charge >= 0.3 is 0 Å². The summed E-state index contributed by atoms with van der Waals surface area (Å²) in [7, 11) is 3.15. The maximum absolute atomic E-state index is 12.0. The molecule has 0 saturated carbocycles. The minimum absolute atomic E-state index is 0.117. The summed E-state index contributed by atoms with van der Waals surface area (Å²) in [5.74, 6) is 1.62. The van der Waals surface area contributed by atoms with Gasteiger partial charge in [0.15, 0.2) is 6.61 Å². The third kappa shape index (κ3) is 4.84. The lowest BCUT2D eigenvalue weighted by atomic mass is 9.92. The summed E-state index contributed by atoms with van der Waals surface area (Å²) in [5.41, 5.74) is 5.83. The molecule has 2 aromatic rings. The van der Waals surface area contributed by atoms with Crippen LogP contribution < -0.4 is 19.6 Å². The minimum atomic E-state index is -0.339. The number of hydrogen-bond acceptors (Lipinski definition) is 5. The van der Waals surface area contributed by atoms with E-state index in [9.17, 15) is 4.79 Å². The first kappa shape index (κ1) is 20.2. The van der Waals surface area contributed by atoms with Gasteiger partial charge < -0.3 is 14.2 Å². The Labute approximate surface area is 173 Å². The number of hydrazone groups is 1. The van der Waals surface area contributed by atoms with Crippen molar-refractivity contribution in [3.8, 4) is 17.2 Å². The fourth-order valence-electron chi connectivity index (χ4n) is 3.15. The van der Waals surface area contributed by atoms with Gasteiger partial charge in [-0.05, 0) is 70.9 Å². The lowest BCUT2D eigenvalue weighted by Gasteiger charge is -2.19. The molecule has 1 amide bonds. The summed E-state index contributed by atoms with van der Waals surface area (Å²) in [4.78, 5) is 12.0. The molecule has 28 heavy (non-hydrogen) atoms. The highest BCUT2D eigenvalue weighted by Crippen LogP contribution is 2.35. The molecule has 0 bridgehead atoms. The van der Waals surface area contributed by atoms with Gasteiger partial charge in [-0.25, -0.2) is 5.43 Å². The van der Waals surface area contributed by atoms with E-state index in [2.05, 4.69) is 32.5 Å². The Bertz CT molecular complexity index is 883. The van der Waals surface area contributed by atoms with Gasteiger partial charge in [-0.2, -0.15) is 5.10 Å². The number of halogens is 1. The fourth-order valence-corrected chi connectivity index (χ4v) is 3.85. The van der Waals surface area contributed by atoms with Crippen LogP contribution in [-0.4, -0.2) is 32.9 Å². The van der Waals surface area contributed by atoms with Crippen LogP contribution in [-0.2, 0) is 17.6 Å². The second-order valence-corrected chi connectivity index (χ2v) is 7.21. The van der Waals surface area contributed by atoms with Gasteiger partial charge in [0, 0.05) is 11.6 Å². The zero-order valence-corrected chi connectivity index (χ0v) is 17.5. The highest BCUT2D eigenvalue weighted by Gasteiger charge is 2.16. The number of nitrogens with zero attached hydrogens (tertiary/aromatic N) is 1. The Morgan fingerprint density at radius 2 is 1.96 bits per heavy atom. The molecular weight excluding hydrogens is 424 g/mol. The topological polar surface area (TPSA) is 69.2 Å². The molecule has 3 rings (SSSR count). The van der Waals surface area contributed by atoms with Crippen molar-refractivity contribution in [1.82, 2.24) is 5.43 Å². The number of rotatable bonds is 7. The quantitative estimate of drug-likeness (QED) is 0.517. The van der Waals surface area contributed by atoms with E-state index in [0.29, 0.717) is 17.2 Å². The van der Waals surface area contributed by atoms with Gasteiger partial charge in [-0.1, -0.05) is 6.07 Å². The van der Waals surface area contributed by atoms with Crippen LogP contribution in [0.5, 0.6) is 17.2 Å². The Morgan fingerprint density at radius 3 is 2.75 bits per heavy atom. The van der Waals surface area contributed by atoms with Crippen molar-refractivity contribution >= 4 is 28.1 Å².